The van der Waals surface area contributed by atoms with Crippen LogP contribution in [0.2, 0.25) is 0 Å². The van der Waals surface area contributed by atoms with E-state index in [1.807, 2.05) is 0 Å². The summed E-state index contributed by atoms with van der Waals surface area (Å²) in [6, 6.07) is 6.92. The molecule has 110 valence electrons. The lowest BCUT2D eigenvalue weighted by Crippen LogP contribution is -2.46. The highest BCUT2D eigenvalue weighted by Gasteiger charge is 2.31. The molecule has 1 aliphatic heterocycles. The number of hydrogen-bond donors (Lipinski definition) is 2. The standard InChI is InChI=1S/C16H22BrNO2/c17-13-5-4-12-2-1-3-15(14(12)10-13)18-11-16(19)6-8-20-9-7-16/h4-5,10,15,18-19H,1-3,6-9,11H2. The molecule has 1 fully saturated rings. The number of halogens is 1. The molecule has 2 N–H and O–H groups in total. The van der Waals surface area contributed by atoms with Gasteiger partial charge in [0.2, 0.25) is 0 Å². The number of benzene rings is 1. The van der Waals surface area contributed by atoms with Gasteiger partial charge in [0.15, 0.2) is 0 Å². The van der Waals surface area contributed by atoms with Gasteiger partial charge in [0.1, 0.15) is 0 Å². The van der Waals surface area contributed by atoms with E-state index in [4.69, 9.17) is 4.74 Å². The number of ether oxygens (including phenoxy) is 1. The molecule has 1 aromatic carbocycles. The first kappa shape index (κ1) is 14.5. The molecule has 4 heteroatoms. The fourth-order valence-corrected chi connectivity index (χ4v) is 3.60. The Balaban J connectivity index is 1.68. The van der Waals surface area contributed by atoms with Crippen molar-refractivity contribution in [1.29, 1.82) is 0 Å². The lowest BCUT2D eigenvalue weighted by atomic mass is 9.86. The second-order valence-electron chi connectivity index (χ2n) is 6.01. The van der Waals surface area contributed by atoms with Crippen LogP contribution in [0.1, 0.15) is 42.9 Å². The normalized spacial score (nSPS) is 25.2. The quantitative estimate of drug-likeness (QED) is 0.889. The fraction of sp³-hybridized carbons (Fsp3) is 0.625. The Labute approximate surface area is 128 Å². The molecule has 3 nitrogen and oxygen atoms in total. The second-order valence-corrected chi connectivity index (χ2v) is 6.92. The van der Waals surface area contributed by atoms with Gasteiger partial charge in [-0.05, 0) is 42.5 Å². The van der Waals surface area contributed by atoms with E-state index in [0.29, 0.717) is 25.8 Å². The monoisotopic (exact) mass is 339 g/mol. The Bertz CT molecular complexity index is 472. The molecule has 1 heterocycles. The molecule has 1 atom stereocenters. The van der Waals surface area contributed by atoms with E-state index in [2.05, 4.69) is 39.4 Å². The minimum atomic E-state index is -0.595. The third kappa shape index (κ3) is 3.25. The van der Waals surface area contributed by atoms with Gasteiger partial charge in [0.05, 0.1) is 5.60 Å². The Hall–Kier alpha value is -0.420. The van der Waals surface area contributed by atoms with Crippen LogP contribution < -0.4 is 5.32 Å². The van der Waals surface area contributed by atoms with E-state index < -0.39 is 5.60 Å². The van der Waals surface area contributed by atoms with Crippen LogP contribution in [0.25, 0.3) is 0 Å². The SMILES string of the molecule is OC1(CNC2CCCc3ccc(Br)cc32)CCOCC1. The van der Waals surface area contributed by atoms with Gasteiger partial charge in [-0.1, -0.05) is 22.0 Å². The van der Waals surface area contributed by atoms with Gasteiger partial charge in [-0.3, -0.25) is 0 Å². The predicted octanol–water partition coefficient (Wildman–Crippen LogP) is 2.96. The summed E-state index contributed by atoms with van der Waals surface area (Å²) in [5.74, 6) is 0. The zero-order chi connectivity index (χ0) is 14.0. The van der Waals surface area contributed by atoms with Crippen molar-refractivity contribution in [1.82, 2.24) is 5.32 Å². The molecular weight excluding hydrogens is 318 g/mol. The summed E-state index contributed by atoms with van der Waals surface area (Å²) in [5.41, 5.74) is 2.24. The number of aliphatic hydroxyl groups is 1. The lowest BCUT2D eigenvalue weighted by Gasteiger charge is -2.35. The van der Waals surface area contributed by atoms with E-state index in [0.717, 1.165) is 23.7 Å². The zero-order valence-corrected chi connectivity index (χ0v) is 13.3. The van der Waals surface area contributed by atoms with Gasteiger partial charge in [0.25, 0.3) is 0 Å². The minimum absolute atomic E-state index is 0.364. The van der Waals surface area contributed by atoms with Crippen molar-refractivity contribution in [3.63, 3.8) is 0 Å². The van der Waals surface area contributed by atoms with E-state index in [9.17, 15) is 5.11 Å². The Morgan fingerprint density at radius 3 is 2.95 bits per heavy atom. The third-order valence-electron chi connectivity index (χ3n) is 4.52. The van der Waals surface area contributed by atoms with Crippen LogP contribution in [0, 0.1) is 0 Å². The molecule has 0 aromatic heterocycles. The summed E-state index contributed by atoms with van der Waals surface area (Å²) >= 11 is 3.56. The molecule has 0 spiro atoms. The van der Waals surface area contributed by atoms with E-state index in [-0.39, 0.29) is 0 Å². The van der Waals surface area contributed by atoms with Crippen molar-refractivity contribution in [2.24, 2.45) is 0 Å². The average molecular weight is 340 g/mol. The maximum Gasteiger partial charge on any atom is 0.0815 e. The van der Waals surface area contributed by atoms with Gasteiger partial charge in [-0.25, -0.2) is 0 Å². The maximum atomic E-state index is 10.6. The summed E-state index contributed by atoms with van der Waals surface area (Å²) in [6.07, 6.45) is 5.00. The van der Waals surface area contributed by atoms with Gasteiger partial charge in [-0.15, -0.1) is 0 Å². The van der Waals surface area contributed by atoms with E-state index in [1.54, 1.807) is 0 Å². The van der Waals surface area contributed by atoms with Crippen LogP contribution in [0.4, 0.5) is 0 Å². The van der Waals surface area contributed by atoms with Crippen LogP contribution in [0.15, 0.2) is 22.7 Å². The first-order chi connectivity index (χ1) is 9.66. The average Bonchev–Trinajstić information content (AvgIpc) is 2.46. The Morgan fingerprint density at radius 1 is 1.35 bits per heavy atom. The topological polar surface area (TPSA) is 41.5 Å². The summed E-state index contributed by atoms with van der Waals surface area (Å²) in [6.45, 7) is 2.00. The van der Waals surface area contributed by atoms with Crippen molar-refractivity contribution in [3.05, 3.63) is 33.8 Å². The van der Waals surface area contributed by atoms with Gasteiger partial charge in [-0.2, -0.15) is 0 Å². The molecule has 20 heavy (non-hydrogen) atoms. The fourth-order valence-electron chi connectivity index (χ4n) is 3.22. The summed E-state index contributed by atoms with van der Waals surface area (Å²) < 4.78 is 6.47. The molecule has 0 saturated carbocycles. The number of nitrogens with one attached hydrogen (secondary N) is 1. The Kier molecular flexibility index (Phi) is 4.46. The van der Waals surface area contributed by atoms with E-state index >= 15 is 0 Å². The Morgan fingerprint density at radius 2 is 2.15 bits per heavy atom. The smallest absolute Gasteiger partial charge is 0.0815 e. The largest absolute Gasteiger partial charge is 0.388 e. The van der Waals surface area contributed by atoms with Gasteiger partial charge < -0.3 is 15.2 Å². The maximum absolute atomic E-state index is 10.6. The molecule has 0 bridgehead atoms. The van der Waals surface area contributed by atoms with Crippen LogP contribution >= 0.6 is 15.9 Å². The summed E-state index contributed by atoms with van der Waals surface area (Å²) in [7, 11) is 0. The molecule has 0 radical (unpaired) electrons. The van der Waals surface area contributed by atoms with Crippen LogP contribution in [0.5, 0.6) is 0 Å². The first-order valence-electron chi connectivity index (χ1n) is 7.48. The summed E-state index contributed by atoms with van der Waals surface area (Å²) in [5, 5.41) is 14.1. The minimum Gasteiger partial charge on any atom is -0.388 e. The highest BCUT2D eigenvalue weighted by Crippen LogP contribution is 2.32. The highest BCUT2D eigenvalue weighted by atomic mass is 79.9. The summed E-state index contributed by atoms with van der Waals surface area (Å²) in [4.78, 5) is 0. The molecule has 2 aliphatic rings. The molecule has 1 unspecified atom stereocenters. The lowest BCUT2D eigenvalue weighted by molar-refractivity contribution is -0.0630. The molecular formula is C16H22BrNO2. The van der Waals surface area contributed by atoms with Crippen LogP contribution in [0.3, 0.4) is 0 Å². The first-order valence-corrected chi connectivity index (χ1v) is 8.27. The second kappa shape index (κ2) is 6.14. The third-order valence-corrected chi connectivity index (χ3v) is 5.02. The molecule has 1 aliphatic carbocycles. The highest BCUT2D eigenvalue weighted by molar-refractivity contribution is 9.10. The molecule has 1 aromatic rings. The van der Waals surface area contributed by atoms with Crippen molar-refractivity contribution < 1.29 is 9.84 Å². The van der Waals surface area contributed by atoms with Crippen molar-refractivity contribution in [2.45, 2.75) is 43.7 Å². The van der Waals surface area contributed by atoms with Crippen LogP contribution in [-0.2, 0) is 11.2 Å². The zero-order valence-electron chi connectivity index (χ0n) is 11.7. The molecule has 3 rings (SSSR count). The number of hydrogen-bond acceptors (Lipinski definition) is 3. The van der Waals surface area contributed by atoms with Gasteiger partial charge in [0, 0.05) is 43.1 Å². The number of aryl methyl sites for hydroxylation is 1. The van der Waals surface area contributed by atoms with Crippen molar-refractivity contribution >= 4 is 15.9 Å². The van der Waals surface area contributed by atoms with Crippen molar-refractivity contribution in [2.75, 3.05) is 19.8 Å². The molecule has 1 saturated heterocycles. The van der Waals surface area contributed by atoms with Gasteiger partial charge >= 0.3 is 0 Å². The number of rotatable bonds is 3. The predicted molar refractivity (Wildman–Crippen MR) is 82.8 cm³/mol. The van der Waals surface area contributed by atoms with E-state index in [1.165, 1.54) is 24.0 Å². The van der Waals surface area contributed by atoms with Crippen molar-refractivity contribution in [3.8, 4) is 0 Å². The molecule has 0 amide bonds. The van der Waals surface area contributed by atoms with Crippen LogP contribution in [-0.4, -0.2) is 30.5 Å². The number of fused-ring (bicyclic) bond motifs is 1.